The van der Waals surface area contributed by atoms with Crippen LogP contribution < -0.4 is 15.2 Å². The van der Waals surface area contributed by atoms with Gasteiger partial charge in [0, 0.05) is 18.2 Å². The molecule has 180 valence electrons. The largest absolute Gasteiger partial charge is 0.490 e. The molecule has 0 bridgehead atoms. The maximum atomic E-state index is 13.6. The van der Waals surface area contributed by atoms with E-state index in [4.69, 9.17) is 14.5 Å². The predicted molar refractivity (Wildman–Crippen MR) is 138 cm³/mol. The number of benzene rings is 1. The van der Waals surface area contributed by atoms with Crippen LogP contribution in [0.15, 0.2) is 46.5 Å². The zero-order chi connectivity index (χ0) is 23.9. The lowest BCUT2D eigenvalue weighted by Crippen LogP contribution is -2.39. The number of fused-ring (bicyclic) bond motifs is 4. The summed E-state index contributed by atoms with van der Waals surface area (Å²) < 4.78 is 13.8. The van der Waals surface area contributed by atoms with Gasteiger partial charge >= 0.3 is 0 Å². The molecule has 0 aliphatic carbocycles. The predicted octanol–water partition coefficient (Wildman–Crippen LogP) is 4.01. The molecule has 0 saturated carbocycles. The summed E-state index contributed by atoms with van der Waals surface area (Å²) in [5.74, 6) is 0.837. The quantitative estimate of drug-likeness (QED) is 0.297. The fourth-order valence-electron chi connectivity index (χ4n) is 4.60. The van der Waals surface area contributed by atoms with E-state index in [1.165, 1.54) is 23.1 Å². The molecule has 1 fully saturated rings. The average Bonchev–Trinajstić information content (AvgIpc) is 3.52. The molecule has 2 aliphatic rings. The van der Waals surface area contributed by atoms with Gasteiger partial charge in [0.05, 0.1) is 36.2 Å². The van der Waals surface area contributed by atoms with Crippen molar-refractivity contribution in [2.75, 3.05) is 30.4 Å². The second kappa shape index (κ2) is 9.25. The Morgan fingerprint density at radius 2 is 2.20 bits per heavy atom. The maximum absolute atomic E-state index is 13.6. The number of thiophene rings is 1. The van der Waals surface area contributed by atoms with Crippen molar-refractivity contribution in [3.8, 4) is 5.75 Å². The van der Waals surface area contributed by atoms with Crippen molar-refractivity contribution in [2.24, 2.45) is 0 Å². The van der Waals surface area contributed by atoms with Crippen molar-refractivity contribution in [1.29, 1.82) is 0 Å². The van der Waals surface area contributed by atoms with Gasteiger partial charge in [0.1, 0.15) is 21.9 Å². The summed E-state index contributed by atoms with van der Waals surface area (Å²) >= 11 is 2.66. The highest BCUT2D eigenvalue weighted by Gasteiger charge is 2.26. The van der Waals surface area contributed by atoms with Crippen molar-refractivity contribution in [1.82, 2.24) is 14.5 Å². The molecule has 1 saturated heterocycles. The fraction of sp³-hybridized carbons (Fsp3) is 0.360. The molecule has 0 unspecified atom stereocenters. The van der Waals surface area contributed by atoms with E-state index in [1.54, 1.807) is 15.7 Å². The molecular formula is C25H24N4O4S2. The Bertz CT molecular complexity index is 1490. The molecule has 1 aromatic carbocycles. The lowest BCUT2D eigenvalue weighted by Gasteiger charge is -2.29. The number of amides is 1. The van der Waals surface area contributed by atoms with Crippen LogP contribution >= 0.6 is 23.1 Å². The standard InChI is InChI=1S/C25H24N4O4S2/c1-15-6-7-19-18(12-15)28(9-11-33-19)20(30)14-34-25-27-21-17-5-2-8-26-23(17)35-22(21)24(31)29(25)13-16-4-3-10-32-16/h2,5-8,12,16H,3-4,9-11,13-14H2,1H3/t16-/m0/s1. The first-order valence-corrected chi connectivity index (χ1v) is 13.4. The Labute approximate surface area is 209 Å². The van der Waals surface area contributed by atoms with Gasteiger partial charge in [0.2, 0.25) is 5.91 Å². The van der Waals surface area contributed by atoms with Crippen molar-refractivity contribution in [3.63, 3.8) is 0 Å². The SMILES string of the molecule is Cc1ccc2c(c1)N(C(=O)CSc1nc3c(sc4ncccc43)c(=O)n1C[C@@H]1CCCO1)CCO2. The van der Waals surface area contributed by atoms with Crippen molar-refractivity contribution >= 4 is 55.1 Å². The van der Waals surface area contributed by atoms with Gasteiger partial charge in [-0.2, -0.15) is 0 Å². The van der Waals surface area contributed by atoms with E-state index in [9.17, 15) is 9.59 Å². The Morgan fingerprint density at radius 3 is 3.06 bits per heavy atom. The number of rotatable bonds is 5. The van der Waals surface area contributed by atoms with Crippen molar-refractivity contribution < 1.29 is 14.3 Å². The smallest absolute Gasteiger partial charge is 0.272 e. The van der Waals surface area contributed by atoms with Crippen LogP contribution in [0.25, 0.3) is 20.4 Å². The van der Waals surface area contributed by atoms with Crippen molar-refractivity contribution in [2.45, 2.75) is 37.6 Å². The normalized spacial score (nSPS) is 17.6. The number of hydrogen-bond donors (Lipinski definition) is 0. The van der Waals surface area contributed by atoms with Gasteiger partial charge in [0.25, 0.3) is 5.56 Å². The lowest BCUT2D eigenvalue weighted by atomic mass is 10.1. The minimum atomic E-state index is -0.101. The van der Waals surface area contributed by atoms with Crippen LogP contribution in [-0.2, 0) is 16.1 Å². The molecule has 6 rings (SSSR count). The summed E-state index contributed by atoms with van der Waals surface area (Å²) in [5.41, 5.74) is 2.40. The van der Waals surface area contributed by atoms with E-state index in [0.29, 0.717) is 47.4 Å². The number of pyridine rings is 1. The minimum absolute atomic E-state index is 0.0244. The number of aryl methyl sites for hydroxylation is 1. The number of ether oxygens (including phenoxy) is 2. The molecule has 0 spiro atoms. The van der Waals surface area contributed by atoms with Gasteiger partial charge in [-0.25, -0.2) is 9.97 Å². The van der Waals surface area contributed by atoms with E-state index in [2.05, 4.69) is 4.98 Å². The topological polar surface area (TPSA) is 86.6 Å². The zero-order valence-electron chi connectivity index (χ0n) is 19.2. The molecule has 0 N–H and O–H groups in total. The first-order chi connectivity index (χ1) is 17.1. The summed E-state index contributed by atoms with van der Waals surface area (Å²) in [5, 5.41) is 1.40. The summed E-state index contributed by atoms with van der Waals surface area (Å²) in [6.07, 6.45) is 3.59. The number of hydrogen-bond acceptors (Lipinski definition) is 8. The maximum Gasteiger partial charge on any atom is 0.272 e. The first-order valence-electron chi connectivity index (χ1n) is 11.6. The number of anilines is 1. The molecule has 1 amide bonds. The van der Waals surface area contributed by atoms with Gasteiger partial charge in [-0.05, 0) is 49.6 Å². The van der Waals surface area contributed by atoms with Crippen LogP contribution in [0.3, 0.4) is 0 Å². The summed E-state index contributed by atoms with van der Waals surface area (Å²) in [6, 6.07) is 9.64. The minimum Gasteiger partial charge on any atom is -0.490 e. The highest BCUT2D eigenvalue weighted by Crippen LogP contribution is 2.34. The molecule has 5 heterocycles. The summed E-state index contributed by atoms with van der Waals surface area (Å²) in [4.78, 5) is 38.7. The number of thioether (sulfide) groups is 1. The van der Waals surface area contributed by atoms with Gasteiger partial charge in [-0.3, -0.25) is 14.2 Å². The van der Waals surface area contributed by atoms with E-state index in [1.807, 2.05) is 37.3 Å². The zero-order valence-corrected chi connectivity index (χ0v) is 20.9. The third kappa shape index (κ3) is 4.19. The number of carbonyl (C=O) groups excluding carboxylic acids is 1. The van der Waals surface area contributed by atoms with Crippen LogP contribution in [-0.4, -0.2) is 52.1 Å². The van der Waals surface area contributed by atoms with E-state index < -0.39 is 0 Å². The van der Waals surface area contributed by atoms with E-state index in [0.717, 1.165) is 34.3 Å². The second-order valence-corrected chi connectivity index (χ2v) is 10.7. The third-order valence-corrected chi connectivity index (χ3v) is 8.38. The Balaban J connectivity index is 1.35. The molecule has 3 aromatic heterocycles. The highest BCUT2D eigenvalue weighted by atomic mass is 32.2. The number of carbonyl (C=O) groups is 1. The van der Waals surface area contributed by atoms with Gasteiger partial charge in [0.15, 0.2) is 5.16 Å². The Morgan fingerprint density at radius 1 is 1.29 bits per heavy atom. The molecule has 1 atom stereocenters. The Hall–Kier alpha value is -2.95. The Kier molecular flexibility index (Phi) is 5.95. The molecule has 4 aromatic rings. The number of aromatic nitrogens is 3. The van der Waals surface area contributed by atoms with Crippen molar-refractivity contribution in [3.05, 3.63) is 52.4 Å². The second-order valence-electron chi connectivity index (χ2n) is 8.73. The lowest BCUT2D eigenvalue weighted by molar-refractivity contribution is -0.116. The summed E-state index contributed by atoms with van der Waals surface area (Å²) in [6.45, 7) is 4.08. The molecule has 2 aliphatic heterocycles. The molecule has 8 nitrogen and oxygen atoms in total. The molecule has 35 heavy (non-hydrogen) atoms. The monoisotopic (exact) mass is 508 g/mol. The van der Waals surface area contributed by atoms with Crippen LogP contribution in [0.4, 0.5) is 5.69 Å². The molecule has 10 heteroatoms. The highest BCUT2D eigenvalue weighted by molar-refractivity contribution is 7.99. The van der Waals surface area contributed by atoms with Gasteiger partial charge in [-0.1, -0.05) is 17.8 Å². The summed E-state index contributed by atoms with van der Waals surface area (Å²) in [7, 11) is 0. The molecular weight excluding hydrogens is 484 g/mol. The van der Waals surface area contributed by atoms with E-state index >= 15 is 0 Å². The van der Waals surface area contributed by atoms with Crippen LogP contribution in [0, 0.1) is 6.92 Å². The van der Waals surface area contributed by atoms with Crippen LogP contribution in [0.2, 0.25) is 0 Å². The fourth-order valence-corrected chi connectivity index (χ4v) is 6.50. The van der Waals surface area contributed by atoms with Crippen LogP contribution in [0.5, 0.6) is 5.75 Å². The average molecular weight is 509 g/mol. The van der Waals surface area contributed by atoms with E-state index in [-0.39, 0.29) is 23.3 Å². The van der Waals surface area contributed by atoms with Gasteiger partial charge in [-0.15, -0.1) is 11.3 Å². The third-order valence-electron chi connectivity index (χ3n) is 6.33. The van der Waals surface area contributed by atoms with Gasteiger partial charge < -0.3 is 14.4 Å². The first kappa shape index (κ1) is 22.5. The molecule has 0 radical (unpaired) electrons. The number of nitrogens with zero attached hydrogens (tertiary/aromatic N) is 4. The van der Waals surface area contributed by atoms with Crippen LogP contribution in [0.1, 0.15) is 18.4 Å².